The minimum absolute atomic E-state index is 0. The summed E-state index contributed by atoms with van der Waals surface area (Å²) in [5.74, 6) is 0.793. The predicted molar refractivity (Wildman–Crippen MR) is 58.9 cm³/mol. The molecular weight excluding hydrogens is 202 g/mol. The highest BCUT2D eigenvalue weighted by Gasteiger charge is 2.11. The molecule has 0 aliphatic heterocycles. The van der Waals surface area contributed by atoms with Crippen molar-refractivity contribution in [1.29, 1.82) is 0 Å². The van der Waals surface area contributed by atoms with E-state index in [9.17, 15) is 5.11 Å². The molecule has 0 amide bonds. The van der Waals surface area contributed by atoms with Crippen molar-refractivity contribution >= 4 is 12.4 Å². The quantitative estimate of drug-likeness (QED) is 0.807. The van der Waals surface area contributed by atoms with Gasteiger partial charge >= 0.3 is 0 Å². The van der Waals surface area contributed by atoms with Crippen molar-refractivity contribution in [2.45, 2.75) is 19.1 Å². The van der Waals surface area contributed by atoms with Gasteiger partial charge in [-0.1, -0.05) is 12.1 Å². The van der Waals surface area contributed by atoms with Gasteiger partial charge in [0.2, 0.25) is 0 Å². The zero-order valence-electron chi connectivity index (χ0n) is 8.31. The van der Waals surface area contributed by atoms with Crippen molar-refractivity contribution in [3.05, 3.63) is 29.8 Å². The number of aliphatic hydroxyl groups excluding tert-OH is 1. The molecule has 0 fully saturated rings. The Labute approximate surface area is 90.3 Å². The van der Waals surface area contributed by atoms with Crippen molar-refractivity contribution in [3.8, 4) is 5.75 Å². The molecule has 1 aromatic carbocycles. The molecule has 2 unspecified atom stereocenters. The monoisotopic (exact) mass is 217 g/mol. The summed E-state index contributed by atoms with van der Waals surface area (Å²) in [6.45, 7) is 1.68. The lowest BCUT2D eigenvalue weighted by Gasteiger charge is -2.14. The van der Waals surface area contributed by atoms with Crippen molar-refractivity contribution < 1.29 is 9.84 Å². The molecule has 0 saturated carbocycles. The number of aliphatic hydroxyl groups is 1. The molecule has 0 spiro atoms. The maximum absolute atomic E-state index is 9.24. The number of nitrogens with two attached hydrogens (primary N) is 1. The third-order valence-electron chi connectivity index (χ3n) is 2.02. The number of hydrogen-bond donors (Lipinski definition) is 2. The van der Waals surface area contributed by atoms with Crippen LogP contribution in [0, 0.1) is 0 Å². The van der Waals surface area contributed by atoms with Gasteiger partial charge in [0.05, 0.1) is 19.3 Å². The van der Waals surface area contributed by atoms with E-state index < -0.39 is 6.10 Å². The van der Waals surface area contributed by atoms with E-state index >= 15 is 0 Å². The number of methoxy groups -OCH3 is 1. The maximum Gasteiger partial charge on any atom is 0.118 e. The smallest absolute Gasteiger partial charge is 0.118 e. The summed E-state index contributed by atoms with van der Waals surface area (Å²) in [5.41, 5.74) is 6.65. The van der Waals surface area contributed by atoms with Gasteiger partial charge in [-0.2, -0.15) is 0 Å². The second-order valence-electron chi connectivity index (χ2n) is 3.04. The van der Waals surface area contributed by atoms with E-state index in [0.717, 1.165) is 11.3 Å². The van der Waals surface area contributed by atoms with Crippen LogP contribution in [-0.2, 0) is 0 Å². The third kappa shape index (κ3) is 3.18. The van der Waals surface area contributed by atoms with Gasteiger partial charge in [0.1, 0.15) is 5.75 Å². The Hall–Kier alpha value is -0.770. The van der Waals surface area contributed by atoms with Crippen LogP contribution in [-0.4, -0.2) is 18.3 Å². The van der Waals surface area contributed by atoms with E-state index in [1.54, 1.807) is 14.0 Å². The van der Waals surface area contributed by atoms with Gasteiger partial charge in [0, 0.05) is 0 Å². The molecule has 4 heteroatoms. The third-order valence-corrected chi connectivity index (χ3v) is 2.02. The molecule has 0 aliphatic rings. The standard InChI is InChI=1S/C10H15NO2.ClH/c1-7(12)10(11)8-3-5-9(13-2)6-4-8;/h3-7,10,12H,11H2,1-2H3;1H. The summed E-state index contributed by atoms with van der Waals surface area (Å²) >= 11 is 0. The first-order valence-electron chi connectivity index (χ1n) is 4.22. The van der Waals surface area contributed by atoms with E-state index in [4.69, 9.17) is 10.5 Å². The van der Waals surface area contributed by atoms with E-state index in [1.807, 2.05) is 24.3 Å². The minimum Gasteiger partial charge on any atom is -0.497 e. The van der Waals surface area contributed by atoms with Crippen LogP contribution in [0.5, 0.6) is 5.75 Å². The number of ether oxygens (including phenoxy) is 1. The number of hydrogen-bond acceptors (Lipinski definition) is 3. The van der Waals surface area contributed by atoms with Gasteiger partial charge in [-0.3, -0.25) is 0 Å². The molecule has 1 rings (SSSR count). The largest absolute Gasteiger partial charge is 0.497 e. The first kappa shape index (κ1) is 13.2. The topological polar surface area (TPSA) is 55.5 Å². The molecule has 0 bridgehead atoms. The molecule has 3 N–H and O–H groups in total. The first-order chi connectivity index (χ1) is 6.15. The molecular formula is C10H16ClNO2. The molecule has 0 heterocycles. The Morgan fingerprint density at radius 1 is 1.29 bits per heavy atom. The Kier molecular flexibility index (Phi) is 5.53. The van der Waals surface area contributed by atoms with Crippen molar-refractivity contribution in [1.82, 2.24) is 0 Å². The predicted octanol–water partition coefficient (Wildman–Crippen LogP) is 1.50. The Bertz CT molecular complexity index is 261. The van der Waals surface area contributed by atoms with Crippen LogP contribution in [0.25, 0.3) is 0 Å². The molecule has 0 aromatic heterocycles. The van der Waals surface area contributed by atoms with E-state index in [2.05, 4.69) is 0 Å². The van der Waals surface area contributed by atoms with Gasteiger partial charge in [0.25, 0.3) is 0 Å². The van der Waals surface area contributed by atoms with E-state index in [-0.39, 0.29) is 18.4 Å². The fourth-order valence-corrected chi connectivity index (χ4v) is 1.10. The van der Waals surface area contributed by atoms with E-state index in [1.165, 1.54) is 0 Å². The fourth-order valence-electron chi connectivity index (χ4n) is 1.10. The molecule has 0 aliphatic carbocycles. The van der Waals surface area contributed by atoms with Crippen LogP contribution < -0.4 is 10.5 Å². The lowest BCUT2D eigenvalue weighted by molar-refractivity contribution is 0.164. The molecule has 0 radical (unpaired) electrons. The summed E-state index contributed by atoms with van der Waals surface area (Å²) in [6, 6.07) is 7.05. The van der Waals surface area contributed by atoms with Crippen molar-refractivity contribution in [2.75, 3.05) is 7.11 Å². The zero-order valence-corrected chi connectivity index (χ0v) is 9.12. The minimum atomic E-state index is -0.534. The lowest BCUT2D eigenvalue weighted by atomic mass is 10.0. The molecule has 14 heavy (non-hydrogen) atoms. The SMILES string of the molecule is COc1ccc(C(N)C(C)O)cc1.Cl. The summed E-state index contributed by atoms with van der Waals surface area (Å²) in [7, 11) is 1.61. The molecule has 2 atom stereocenters. The molecule has 80 valence electrons. The molecule has 0 saturated heterocycles. The summed E-state index contributed by atoms with van der Waals surface area (Å²) in [6.07, 6.45) is -0.534. The zero-order chi connectivity index (χ0) is 9.84. The second kappa shape index (κ2) is 5.86. The van der Waals surface area contributed by atoms with Gasteiger partial charge in [-0.25, -0.2) is 0 Å². The van der Waals surface area contributed by atoms with Crippen molar-refractivity contribution in [2.24, 2.45) is 5.73 Å². The average Bonchev–Trinajstić information content (AvgIpc) is 2.17. The second-order valence-corrected chi connectivity index (χ2v) is 3.04. The number of halogens is 1. The van der Waals surface area contributed by atoms with Crippen LogP contribution in [0.3, 0.4) is 0 Å². The maximum atomic E-state index is 9.24. The fraction of sp³-hybridized carbons (Fsp3) is 0.400. The summed E-state index contributed by atoms with van der Waals surface area (Å²) in [4.78, 5) is 0. The van der Waals surface area contributed by atoms with Gasteiger partial charge < -0.3 is 15.6 Å². The normalized spacial score (nSPS) is 14.0. The van der Waals surface area contributed by atoms with Gasteiger partial charge in [-0.15, -0.1) is 12.4 Å². The molecule has 3 nitrogen and oxygen atoms in total. The summed E-state index contributed by atoms with van der Waals surface area (Å²) in [5, 5.41) is 9.24. The Balaban J connectivity index is 0.00000169. The van der Waals surface area contributed by atoms with Gasteiger partial charge in [-0.05, 0) is 24.6 Å². The van der Waals surface area contributed by atoms with Gasteiger partial charge in [0.15, 0.2) is 0 Å². The molecule has 1 aromatic rings. The average molecular weight is 218 g/mol. The highest BCUT2D eigenvalue weighted by Crippen LogP contribution is 2.17. The van der Waals surface area contributed by atoms with Crippen LogP contribution in [0.15, 0.2) is 24.3 Å². The Morgan fingerprint density at radius 2 is 1.79 bits per heavy atom. The van der Waals surface area contributed by atoms with Crippen LogP contribution >= 0.6 is 12.4 Å². The highest BCUT2D eigenvalue weighted by atomic mass is 35.5. The lowest BCUT2D eigenvalue weighted by Crippen LogP contribution is -2.22. The highest BCUT2D eigenvalue weighted by molar-refractivity contribution is 5.85. The summed E-state index contributed by atoms with van der Waals surface area (Å²) < 4.78 is 5.01. The van der Waals surface area contributed by atoms with Crippen LogP contribution in [0.1, 0.15) is 18.5 Å². The van der Waals surface area contributed by atoms with Crippen LogP contribution in [0.2, 0.25) is 0 Å². The van der Waals surface area contributed by atoms with E-state index in [0.29, 0.717) is 0 Å². The first-order valence-corrected chi connectivity index (χ1v) is 4.22. The number of rotatable bonds is 3. The van der Waals surface area contributed by atoms with Crippen LogP contribution in [0.4, 0.5) is 0 Å². The van der Waals surface area contributed by atoms with Crippen molar-refractivity contribution in [3.63, 3.8) is 0 Å². The number of benzene rings is 1. The Morgan fingerprint density at radius 3 is 2.14 bits per heavy atom.